The molecule has 1 aliphatic heterocycles. The topological polar surface area (TPSA) is 47.6 Å². The number of benzene rings is 1. The summed E-state index contributed by atoms with van der Waals surface area (Å²) in [6.07, 6.45) is 5.05. The highest BCUT2D eigenvalue weighted by molar-refractivity contribution is 5.92. The zero-order chi connectivity index (χ0) is 13.9. The van der Waals surface area contributed by atoms with Crippen molar-refractivity contribution in [1.82, 2.24) is 0 Å². The number of methoxy groups -OCH3 is 1. The lowest BCUT2D eigenvalue weighted by Gasteiger charge is -2.26. The molecule has 4 nitrogen and oxygen atoms in total. The van der Waals surface area contributed by atoms with Gasteiger partial charge in [0.15, 0.2) is 0 Å². The van der Waals surface area contributed by atoms with Crippen LogP contribution in [0, 0.1) is 5.92 Å². The molecule has 1 aromatic rings. The molecule has 0 aromatic heterocycles. The van der Waals surface area contributed by atoms with Crippen LogP contribution < -0.4 is 10.1 Å². The van der Waals surface area contributed by atoms with Gasteiger partial charge in [0.2, 0.25) is 5.91 Å². The first-order chi connectivity index (χ1) is 9.76. The molecule has 1 aliphatic carbocycles. The molecule has 1 saturated carbocycles. The Morgan fingerprint density at radius 2 is 2.10 bits per heavy atom. The Hall–Kier alpha value is -1.55. The molecule has 1 amide bonds. The lowest BCUT2D eigenvalue weighted by atomic mass is 9.86. The summed E-state index contributed by atoms with van der Waals surface area (Å²) in [4.78, 5) is 12.3. The molecule has 108 valence electrons. The average Bonchev–Trinajstić information content (AvgIpc) is 2.95. The number of hydrogen-bond acceptors (Lipinski definition) is 3. The number of amides is 1. The first-order valence-corrected chi connectivity index (χ1v) is 7.35. The molecule has 0 radical (unpaired) electrons. The zero-order valence-corrected chi connectivity index (χ0v) is 11.9. The van der Waals surface area contributed by atoms with Crippen molar-refractivity contribution >= 4 is 11.6 Å². The second kappa shape index (κ2) is 5.83. The monoisotopic (exact) mass is 275 g/mol. The fraction of sp³-hybridized carbons (Fsp3) is 0.562. The van der Waals surface area contributed by atoms with E-state index in [1.165, 1.54) is 5.56 Å². The third-order valence-electron chi connectivity index (χ3n) is 4.34. The molecule has 20 heavy (non-hydrogen) atoms. The third kappa shape index (κ3) is 2.80. The van der Waals surface area contributed by atoms with Crippen molar-refractivity contribution in [2.75, 3.05) is 19.0 Å². The van der Waals surface area contributed by atoms with Gasteiger partial charge in [0.05, 0.1) is 12.7 Å². The summed E-state index contributed by atoms with van der Waals surface area (Å²) in [7, 11) is 1.75. The molecule has 0 bridgehead atoms. The minimum absolute atomic E-state index is 0.117. The maximum atomic E-state index is 12.3. The van der Waals surface area contributed by atoms with Gasteiger partial charge in [-0.2, -0.15) is 0 Å². The number of fused-ring (bicyclic) bond motifs is 1. The first kappa shape index (κ1) is 13.4. The summed E-state index contributed by atoms with van der Waals surface area (Å²) in [5, 5.41) is 3.04. The number of anilines is 1. The van der Waals surface area contributed by atoms with Crippen LogP contribution >= 0.6 is 0 Å². The van der Waals surface area contributed by atoms with Crippen LogP contribution in [0.15, 0.2) is 18.2 Å². The molecule has 0 saturated heterocycles. The van der Waals surface area contributed by atoms with Gasteiger partial charge < -0.3 is 14.8 Å². The van der Waals surface area contributed by atoms with E-state index in [1.54, 1.807) is 7.11 Å². The normalized spacial score (nSPS) is 24.9. The summed E-state index contributed by atoms with van der Waals surface area (Å²) < 4.78 is 10.8. The largest absolute Gasteiger partial charge is 0.493 e. The van der Waals surface area contributed by atoms with Gasteiger partial charge >= 0.3 is 0 Å². The van der Waals surface area contributed by atoms with Gasteiger partial charge in [-0.3, -0.25) is 4.79 Å². The minimum Gasteiger partial charge on any atom is -0.493 e. The van der Waals surface area contributed by atoms with E-state index < -0.39 is 0 Å². The number of carbonyl (C=O) groups is 1. The lowest BCUT2D eigenvalue weighted by Crippen LogP contribution is -2.29. The lowest BCUT2D eigenvalue weighted by molar-refractivity contribution is -0.121. The van der Waals surface area contributed by atoms with Crippen molar-refractivity contribution in [3.63, 3.8) is 0 Å². The predicted molar refractivity (Wildman–Crippen MR) is 77.0 cm³/mol. The number of carbonyl (C=O) groups excluding carboxylic acids is 1. The number of hydrogen-bond donors (Lipinski definition) is 1. The molecule has 0 spiro atoms. The van der Waals surface area contributed by atoms with Crippen LogP contribution in [0.25, 0.3) is 0 Å². The van der Waals surface area contributed by atoms with E-state index in [0.29, 0.717) is 6.10 Å². The van der Waals surface area contributed by atoms with Crippen LogP contribution in [0.3, 0.4) is 0 Å². The predicted octanol–water partition coefficient (Wildman–Crippen LogP) is 2.77. The van der Waals surface area contributed by atoms with E-state index in [0.717, 1.165) is 50.1 Å². The maximum absolute atomic E-state index is 12.3. The molecule has 1 aromatic carbocycles. The van der Waals surface area contributed by atoms with Gasteiger partial charge in [0.25, 0.3) is 0 Å². The summed E-state index contributed by atoms with van der Waals surface area (Å²) in [6.45, 7) is 0.744. The van der Waals surface area contributed by atoms with Crippen molar-refractivity contribution in [2.45, 2.75) is 38.2 Å². The van der Waals surface area contributed by atoms with Crippen molar-refractivity contribution in [2.24, 2.45) is 5.92 Å². The molecule has 1 fully saturated rings. The van der Waals surface area contributed by atoms with E-state index in [-0.39, 0.29) is 11.8 Å². The maximum Gasteiger partial charge on any atom is 0.227 e. The highest BCUT2D eigenvalue weighted by Gasteiger charge is 2.26. The van der Waals surface area contributed by atoms with Gasteiger partial charge in [-0.25, -0.2) is 0 Å². The summed E-state index contributed by atoms with van der Waals surface area (Å²) >= 11 is 0. The molecule has 1 heterocycles. The van der Waals surface area contributed by atoms with Gasteiger partial charge in [0, 0.05) is 25.1 Å². The number of rotatable bonds is 3. The third-order valence-corrected chi connectivity index (χ3v) is 4.34. The standard InChI is InChI=1S/C16H21NO3/c1-19-14-5-2-11(3-6-14)16(18)17-13-4-7-15-12(10-13)8-9-20-15/h4,7,10-11,14H,2-3,5-6,8-9H2,1H3,(H,17,18). The Labute approximate surface area is 119 Å². The molecular formula is C16H21NO3. The second-order valence-electron chi connectivity index (χ2n) is 5.62. The van der Waals surface area contributed by atoms with E-state index in [9.17, 15) is 4.79 Å². The molecule has 2 aliphatic rings. The van der Waals surface area contributed by atoms with Crippen LogP contribution in [0.2, 0.25) is 0 Å². The van der Waals surface area contributed by atoms with E-state index >= 15 is 0 Å². The first-order valence-electron chi connectivity index (χ1n) is 7.35. The zero-order valence-electron chi connectivity index (χ0n) is 11.9. The smallest absolute Gasteiger partial charge is 0.227 e. The molecule has 0 unspecified atom stereocenters. The molecule has 0 atom stereocenters. The Bertz CT molecular complexity index is 492. The summed E-state index contributed by atoms with van der Waals surface area (Å²) in [5.41, 5.74) is 2.07. The number of nitrogens with one attached hydrogen (secondary N) is 1. The molecule has 1 N–H and O–H groups in total. The van der Waals surface area contributed by atoms with E-state index in [1.807, 2.05) is 18.2 Å². The quantitative estimate of drug-likeness (QED) is 0.922. The summed E-state index contributed by atoms with van der Waals surface area (Å²) in [6, 6.07) is 5.89. The fourth-order valence-corrected chi connectivity index (χ4v) is 3.07. The minimum atomic E-state index is 0.117. The van der Waals surface area contributed by atoms with Crippen molar-refractivity contribution in [3.05, 3.63) is 23.8 Å². The Morgan fingerprint density at radius 3 is 2.85 bits per heavy atom. The summed E-state index contributed by atoms with van der Waals surface area (Å²) in [5.74, 6) is 1.20. The Balaban J connectivity index is 1.59. The SMILES string of the molecule is COC1CCC(C(=O)Nc2ccc3c(c2)CCO3)CC1. The molecule has 3 rings (SSSR count). The van der Waals surface area contributed by atoms with Gasteiger partial charge in [-0.1, -0.05) is 0 Å². The highest BCUT2D eigenvalue weighted by Crippen LogP contribution is 2.30. The van der Waals surface area contributed by atoms with Gasteiger partial charge in [0.1, 0.15) is 5.75 Å². The van der Waals surface area contributed by atoms with Crippen LogP contribution in [-0.4, -0.2) is 25.7 Å². The average molecular weight is 275 g/mol. The van der Waals surface area contributed by atoms with Gasteiger partial charge in [-0.15, -0.1) is 0 Å². The Kier molecular flexibility index (Phi) is 3.92. The highest BCUT2D eigenvalue weighted by atomic mass is 16.5. The van der Waals surface area contributed by atoms with Crippen molar-refractivity contribution < 1.29 is 14.3 Å². The fourth-order valence-electron chi connectivity index (χ4n) is 3.07. The van der Waals surface area contributed by atoms with E-state index in [4.69, 9.17) is 9.47 Å². The molecule has 4 heteroatoms. The van der Waals surface area contributed by atoms with Crippen LogP contribution in [-0.2, 0) is 16.0 Å². The van der Waals surface area contributed by atoms with E-state index in [2.05, 4.69) is 5.32 Å². The van der Waals surface area contributed by atoms with Crippen LogP contribution in [0.1, 0.15) is 31.2 Å². The van der Waals surface area contributed by atoms with Crippen LogP contribution in [0.5, 0.6) is 5.75 Å². The van der Waals surface area contributed by atoms with Crippen molar-refractivity contribution in [3.8, 4) is 5.75 Å². The Morgan fingerprint density at radius 1 is 1.30 bits per heavy atom. The van der Waals surface area contributed by atoms with Crippen molar-refractivity contribution in [1.29, 1.82) is 0 Å². The van der Waals surface area contributed by atoms with Gasteiger partial charge in [-0.05, 0) is 49.4 Å². The molecular weight excluding hydrogens is 254 g/mol. The van der Waals surface area contributed by atoms with Crippen LogP contribution in [0.4, 0.5) is 5.69 Å². The number of ether oxygens (including phenoxy) is 2. The second-order valence-corrected chi connectivity index (χ2v) is 5.62.